The smallest absolute Gasteiger partial charge is 0.267 e. The lowest BCUT2D eigenvalue weighted by Gasteiger charge is -2.26. The molecule has 3 aromatic heterocycles. The Morgan fingerprint density at radius 1 is 0.939 bits per heavy atom. The molecule has 0 aliphatic carbocycles. The number of fused-ring (bicyclic) bond motifs is 1. The molecule has 0 unspecified atom stereocenters. The maximum atomic E-state index is 13.2. The summed E-state index contributed by atoms with van der Waals surface area (Å²) in [4.78, 5) is 27.5. The van der Waals surface area contributed by atoms with E-state index >= 15 is 0 Å². The predicted octanol–water partition coefficient (Wildman–Crippen LogP) is 4.43. The van der Waals surface area contributed by atoms with Crippen molar-refractivity contribution >= 4 is 11.4 Å². The highest BCUT2D eigenvalue weighted by Gasteiger charge is 2.22. The van der Waals surface area contributed by atoms with Crippen LogP contribution in [0.2, 0.25) is 0 Å². The number of piperidine rings is 1. The van der Waals surface area contributed by atoms with Crippen LogP contribution in [0.15, 0.2) is 65.6 Å². The van der Waals surface area contributed by atoms with Crippen LogP contribution in [0.25, 0.3) is 28.0 Å². The van der Waals surface area contributed by atoms with Crippen LogP contribution < -0.4 is 5.56 Å². The van der Waals surface area contributed by atoms with Crippen molar-refractivity contribution < 1.29 is 4.79 Å². The van der Waals surface area contributed by atoms with Gasteiger partial charge >= 0.3 is 0 Å². The Hall–Kier alpha value is -3.74. The number of nitrogens with zero attached hydrogens (tertiary/aromatic N) is 5. The molecule has 4 aromatic rings. The number of benzene rings is 1. The third-order valence-corrected chi connectivity index (χ3v) is 6.14. The fourth-order valence-electron chi connectivity index (χ4n) is 4.44. The van der Waals surface area contributed by atoms with Gasteiger partial charge in [-0.1, -0.05) is 30.3 Å². The van der Waals surface area contributed by atoms with E-state index in [-0.39, 0.29) is 17.5 Å². The van der Waals surface area contributed by atoms with Crippen molar-refractivity contribution in [2.75, 3.05) is 13.1 Å². The molecule has 0 spiro atoms. The van der Waals surface area contributed by atoms with Crippen molar-refractivity contribution in [3.8, 4) is 22.5 Å². The monoisotopic (exact) mass is 441 g/mol. The van der Waals surface area contributed by atoms with E-state index in [0.29, 0.717) is 11.3 Å². The maximum Gasteiger partial charge on any atom is 0.267 e. The minimum absolute atomic E-state index is 0.0470. The molecule has 7 nitrogen and oxygen atoms in total. The van der Waals surface area contributed by atoms with E-state index in [0.717, 1.165) is 48.3 Å². The van der Waals surface area contributed by atoms with E-state index in [9.17, 15) is 9.59 Å². The van der Waals surface area contributed by atoms with Crippen molar-refractivity contribution in [3.05, 3.63) is 76.7 Å². The van der Waals surface area contributed by atoms with Gasteiger partial charge in [-0.05, 0) is 51.3 Å². The molecule has 0 radical (unpaired) electrons. The van der Waals surface area contributed by atoms with Gasteiger partial charge in [0.2, 0.25) is 0 Å². The summed E-state index contributed by atoms with van der Waals surface area (Å²) in [7, 11) is 0. The molecule has 168 valence electrons. The number of carbonyl (C=O) groups is 1. The highest BCUT2D eigenvalue weighted by atomic mass is 16.2. The van der Waals surface area contributed by atoms with E-state index in [1.54, 1.807) is 16.6 Å². The predicted molar refractivity (Wildman–Crippen MR) is 128 cm³/mol. The second-order valence-electron chi connectivity index (χ2n) is 8.78. The molecule has 1 saturated heterocycles. The molecule has 0 saturated carbocycles. The largest absolute Gasteiger partial charge is 0.339 e. The van der Waals surface area contributed by atoms with Crippen LogP contribution in [-0.2, 0) is 0 Å². The average Bonchev–Trinajstić information content (AvgIpc) is 3.23. The lowest BCUT2D eigenvalue weighted by molar-refractivity contribution is 0.0724. The van der Waals surface area contributed by atoms with Crippen molar-refractivity contribution in [1.29, 1.82) is 0 Å². The Balaban J connectivity index is 1.71. The quantitative estimate of drug-likeness (QED) is 0.470. The summed E-state index contributed by atoms with van der Waals surface area (Å²) < 4.78 is 3.27. The summed E-state index contributed by atoms with van der Waals surface area (Å²) >= 11 is 0. The topological polar surface area (TPSA) is 72.5 Å². The van der Waals surface area contributed by atoms with Crippen LogP contribution in [0, 0.1) is 0 Å². The number of aromatic nitrogens is 4. The van der Waals surface area contributed by atoms with Gasteiger partial charge in [0.1, 0.15) is 5.69 Å². The number of carbonyl (C=O) groups excluding carboxylic acids is 1. The first kappa shape index (κ1) is 21.1. The molecule has 1 amide bonds. The van der Waals surface area contributed by atoms with Gasteiger partial charge in [-0.2, -0.15) is 10.2 Å². The highest BCUT2D eigenvalue weighted by Crippen LogP contribution is 2.34. The average molecular weight is 442 g/mol. The molecule has 0 atom stereocenters. The molecular weight excluding hydrogens is 414 g/mol. The summed E-state index contributed by atoms with van der Waals surface area (Å²) in [5, 5.41) is 9.50. The third kappa shape index (κ3) is 3.95. The van der Waals surface area contributed by atoms with Gasteiger partial charge in [0.15, 0.2) is 0 Å². The zero-order chi connectivity index (χ0) is 22.9. The van der Waals surface area contributed by atoms with Crippen LogP contribution in [-0.4, -0.2) is 43.3 Å². The first-order valence-corrected chi connectivity index (χ1v) is 11.5. The van der Waals surface area contributed by atoms with E-state index < -0.39 is 0 Å². The van der Waals surface area contributed by atoms with Crippen LogP contribution in [0.5, 0.6) is 0 Å². The van der Waals surface area contributed by atoms with Crippen molar-refractivity contribution in [3.63, 3.8) is 0 Å². The summed E-state index contributed by atoms with van der Waals surface area (Å²) in [5.74, 6) is 0.0470. The molecule has 1 aliphatic rings. The molecule has 5 rings (SSSR count). The van der Waals surface area contributed by atoms with E-state index in [2.05, 4.69) is 5.10 Å². The molecule has 1 aromatic carbocycles. The summed E-state index contributed by atoms with van der Waals surface area (Å²) in [6, 6.07) is 16.9. The van der Waals surface area contributed by atoms with Gasteiger partial charge in [0.25, 0.3) is 11.5 Å². The molecule has 7 heteroatoms. The fraction of sp³-hybridized carbons (Fsp3) is 0.308. The molecule has 33 heavy (non-hydrogen) atoms. The summed E-state index contributed by atoms with van der Waals surface area (Å²) in [5.41, 5.74) is 4.46. The number of amides is 1. The van der Waals surface area contributed by atoms with E-state index in [1.165, 1.54) is 11.1 Å². The Morgan fingerprint density at radius 3 is 2.42 bits per heavy atom. The molecule has 1 fully saturated rings. The third-order valence-electron chi connectivity index (χ3n) is 6.14. The zero-order valence-corrected chi connectivity index (χ0v) is 18.9. The molecule has 0 N–H and O–H groups in total. The summed E-state index contributed by atoms with van der Waals surface area (Å²) in [6.45, 7) is 5.46. The van der Waals surface area contributed by atoms with Gasteiger partial charge in [-0.25, -0.2) is 9.20 Å². The number of pyridine rings is 1. The van der Waals surface area contributed by atoms with Gasteiger partial charge in [-0.3, -0.25) is 9.59 Å². The number of rotatable bonds is 4. The first-order valence-electron chi connectivity index (χ1n) is 11.5. The second-order valence-corrected chi connectivity index (χ2v) is 8.78. The van der Waals surface area contributed by atoms with Crippen LogP contribution in [0.4, 0.5) is 0 Å². The normalized spacial score (nSPS) is 14.2. The number of likely N-dealkylation sites (tertiary alicyclic amines) is 1. The van der Waals surface area contributed by atoms with Crippen LogP contribution in [0.1, 0.15) is 49.5 Å². The van der Waals surface area contributed by atoms with Crippen molar-refractivity contribution in [2.24, 2.45) is 0 Å². The van der Waals surface area contributed by atoms with Gasteiger partial charge in [0.05, 0.1) is 22.8 Å². The fourth-order valence-corrected chi connectivity index (χ4v) is 4.44. The summed E-state index contributed by atoms with van der Waals surface area (Å²) in [6.07, 6.45) is 5.10. The number of hydrogen-bond donors (Lipinski definition) is 0. The zero-order valence-electron chi connectivity index (χ0n) is 18.9. The van der Waals surface area contributed by atoms with Gasteiger partial charge < -0.3 is 4.90 Å². The minimum atomic E-state index is -0.146. The lowest BCUT2D eigenvalue weighted by Crippen LogP contribution is -2.35. The van der Waals surface area contributed by atoms with E-state index in [4.69, 9.17) is 5.10 Å². The van der Waals surface area contributed by atoms with Crippen LogP contribution >= 0.6 is 0 Å². The molecule has 4 heterocycles. The lowest BCUT2D eigenvalue weighted by atomic mass is 10.0. The Kier molecular flexibility index (Phi) is 5.54. The first-order chi connectivity index (χ1) is 16.0. The van der Waals surface area contributed by atoms with Crippen LogP contribution in [0.3, 0.4) is 0 Å². The van der Waals surface area contributed by atoms with Crippen molar-refractivity contribution in [2.45, 2.75) is 39.2 Å². The highest BCUT2D eigenvalue weighted by molar-refractivity contribution is 5.98. The van der Waals surface area contributed by atoms with Crippen molar-refractivity contribution in [1.82, 2.24) is 24.3 Å². The minimum Gasteiger partial charge on any atom is -0.339 e. The van der Waals surface area contributed by atoms with E-state index in [1.807, 2.05) is 67.4 Å². The standard InChI is InChI=1S/C26H27N5O2/c1-18(2)31-23(32)12-11-21(27-31)24-22-17-20(26(33)29-14-7-4-8-15-29)13-16-30(22)28-25(24)19-9-5-3-6-10-19/h3,5-6,9-13,16-18H,4,7-8,14-15H2,1-2H3. The molecule has 1 aliphatic heterocycles. The van der Waals surface area contributed by atoms with Gasteiger partial charge in [0, 0.05) is 36.5 Å². The van der Waals surface area contributed by atoms with Gasteiger partial charge in [-0.15, -0.1) is 0 Å². The second kappa shape index (κ2) is 8.65. The Morgan fingerprint density at radius 2 is 1.70 bits per heavy atom. The Bertz CT molecular complexity index is 1360. The SMILES string of the molecule is CC(C)n1nc(-c2c(-c3ccccc3)nn3ccc(C(=O)N4CCCCC4)cc23)ccc1=O. The maximum absolute atomic E-state index is 13.2. The Labute approximate surface area is 192 Å². The molecular formula is C26H27N5O2. The number of hydrogen-bond acceptors (Lipinski definition) is 4. The molecule has 0 bridgehead atoms.